The van der Waals surface area contributed by atoms with Crippen molar-refractivity contribution in [3.63, 3.8) is 0 Å². The molecule has 4 heteroatoms. The monoisotopic (exact) mass is 321 g/mol. The number of anilines is 1. The van der Waals surface area contributed by atoms with Crippen LogP contribution in [0.15, 0.2) is 47.4 Å². The molecule has 1 aliphatic carbocycles. The molecule has 0 bridgehead atoms. The van der Waals surface area contributed by atoms with Crippen LogP contribution in [-0.4, -0.2) is 5.78 Å². The van der Waals surface area contributed by atoms with Gasteiger partial charge in [0.15, 0.2) is 11.5 Å². The normalized spacial score (nSPS) is 16.0. The number of carbonyl (C=O) groups is 1. The number of para-hydroxylation sites is 1. The standard InChI is InChI=1S/C19H16N2OS/c1-21-15-7-3-2-6-14(15)18(20)17-16(21)9-8-12(19(17)22)11-13-5-4-10-23-13/h2-7,10-11,20H,8-9H2,1H3/p+1/b12-11+. The van der Waals surface area contributed by atoms with Gasteiger partial charge in [-0.1, -0.05) is 18.2 Å². The second-order valence-corrected chi connectivity index (χ2v) is 6.80. The number of hydrogen-bond acceptors (Lipinski definition) is 3. The lowest BCUT2D eigenvalue weighted by Crippen LogP contribution is -2.39. The van der Waals surface area contributed by atoms with Crippen LogP contribution < -0.4 is 10.3 Å². The van der Waals surface area contributed by atoms with Crippen molar-refractivity contribution >= 4 is 39.8 Å². The van der Waals surface area contributed by atoms with Gasteiger partial charge in [0.1, 0.15) is 12.6 Å². The van der Waals surface area contributed by atoms with Crippen LogP contribution in [0.5, 0.6) is 0 Å². The molecule has 23 heavy (non-hydrogen) atoms. The molecule has 0 atom stereocenters. The number of allylic oxidation sites excluding steroid dienone is 1. The summed E-state index contributed by atoms with van der Waals surface area (Å²) in [4.78, 5) is 14.1. The van der Waals surface area contributed by atoms with Crippen LogP contribution in [0.4, 0.5) is 5.69 Å². The molecule has 0 radical (unpaired) electrons. The van der Waals surface area contributed by atoms with Crippen molar-refractivity contribution in [2.75, 3.05) is 5.73 Å². The molecule has 0 aliphatic heterocycles. The summed E-state index contributed by atoms with van der Waals surface area (Å²) in [7, 11) is 2.02. The number of aromatic nitrogens is 1. The Morgan fingerprint density at radius 1 is 1.17 bits per heavy atom. The first-order chi connectivity index (χ1) is 11.2. The molecule has 4 rings (SSSR count). The van der Waals surface area contributed by atoms with Gasteiger partial charge in [0.2, 0.25) is 5.52 Å². The van der Waals surface area contributed by atoms with E-state index in [9.17, 15) is 4.79 Å². The van der Waals surface area contributed by atoms with Crippen molar-refractivity contribution < 1.29 is 9.36 Å². The maximum Gasteiger partial charge on any atom is 0.214 e. The average Bonchev–Trinajstić information content (AvgIpc) is 3.07. The smallest absolute Gasteiger partial charge is 0.214 e. The molecule has 1 aromatic carbocycles. The first kappa shape index (κ1) is 14.2. The molecule has 2 N–H and O–H groups in total. The molecule has 2 heterocycles. The lowest BCUT2D eigenvalue weighted by molar-refractivity contribution is -0.653. The number of nitrogens with zero attached hydrogens (tertiary/aromatic N) is 1. The molecule has 2 aromatic heterocycles. The van der Waals surface area contributed by atoms with E-state index in [1.165, 1.54) is 0 Å². The topological polar surface area (TPSA) is 47.0 Å². The zero-order valence-corrected chi connectivity index (χ0v) is 13.7. The minimum absolute atomic E-state index is 0.0681. The van der Waals surface area contributed by atoms with Crippen molar-refractivity contribution in [1.29, 1.82) is 0 Å². The Hall–Kier alpha value is -2.46. The van der Waals surface area contributed by atoms with Gasteiger partial charge in [-0.3, -0.25) is 4.79 Å². The zero-order valence-electron chi connectivity index (χ0n) is 12.9. The number of ketones is 1. The van der Waals surface area contributed by atoms with E-state index >= 15 is 0 Å². The van der Waals surface area contributed by atoms with Gasteiger partial charge in [-0.25, -0.2) is 0 Å². The van der Waals surface area contributed by atoms with Crippen LogP contribution in [0.1, 0.15) is 27.3 Å². The molecule has 3 nitrogen and oxygen atoms in total. The predicted octanol–water partition coefficient (Wildman–Crippen LogP) is 3.52. The van der Waals surface area contributed by atoms with Gasteiger partial charge in [-0.2, -0.15) is 4.57 Å². The summed E-state index contributed by atoms with van der Waals surface area (Å²) in [6, 6.07) is 12.0. The first-order valence-corrected chi connectivity index (χ1v) is 8.52. The van der Waals surface area contributed by atoms with Crippen molar-refractivity contribution in [2.45, 2.75) is 12.8 Å². The molecular weight excluding hydrogens is 304 g/mol. The number of fused-ring (bicyclic) bond motifs is 2. The SMILES string of the molecule is C[n+]1c2c(c(N)c3ccccc31)C(=O)/C(=C/c1cccs1)CC2. The van der Waals surface area contributed by atoms with Gasteiger partial charge in [0.05, 0.1) is 11.1 Å². The minimum atomic E-state index is 0.0681. The maximum atomic E-state index is 13.0. The third-order valence-corrected chi connectivity index (χ3v) is 5.35. The van der Waals surface area contributed by atoms with Crippen LogP contribution in [0, 0.1) is 0 Å². The molecular formula is C19H17N2OS+. The molecule has 114 valence electrons. The molecule has 0 spiro atoms. The fraction of sp³-hybridized carbons (Fsp3) is 0.158. The first-order valence-electron chi connectivity index (χ1n) is 7.64. The predicted molar refractivity (Wildman–Crippen MR) is 94.5 cm³/mol. The third-order valence-electron chi connectivity index (χ3n) is 4.53. The largest absolute Gasteiger partial charge is 0.397 e. The summed E-state index contributed by atoms with van der Waals surface area (Å²) in [6.45, 7) is 0. The summed E-state index contributed by atoms with van der Waals surface area (Å²) in [5.74, 6) is 0.0681. The van der Waals surface area contributed by atoms with Gasteiger partial charge in [0.25, 0.3) is 0 Å². The van der Waals surface area contributed by atoms with Gasteiger partial charge in [-0.15, -0.1) is 11.3 Å². The lowest BCUT2D eigenvalue weighted by Gasteiger charge is -2.18. The van der Waals surface area contributed by atoms with E-state index in [1.807, 2.05) is 54.9 Å². The van der Waals surface area contributed by atoms with E-state index in [1.54, 1.807) is 11.3 Å². The van der Waals surface area contributed by atoms with E-state index in [2.05, 4.69) is 4.57 Å². The zero-order chi connectivity index (χ0) is 16.0. The minimum Gasteiger partial charge on any atom is -0.397 e. The second-order valence-electron chi connectivity index (χ2n) is 5.83. The highest BCUT2D eigenvalue weighted by molar-refractivity contribution is 7.10. The van der Waals surface area contributed by atoms with E-state index in [0.717, 1.165) is 39.9 Å². The molecule has 3 aromatic rings. The van der Waals surface area contributed by atoms with Gasteiger partial charge < -0.3 is 5.73 Å². The summed E-state index contributed by atoms with van der Waals surface area (Å²) < 4.78 is 2.11. The molecule has 0 amide bonds. The Morgan fingerprint density at radius 3 is 2.78 bits per heavy atom. The van der Waals surface area contributed by atoms with Crippen LogP contribution in [0.2, 0.25) is 0 Å². The van der Waals surface area contributed by atoms with Crippen molar-refractivity contribution in [2.24, 2.45) is 7.05 Å². The number of pyridine rings is 1. The number of nitrogens with two attached hydrogens (primary N) is 1. The highest BCUT2D eigenvalue weighted by atomic mass is 32.1. The number of Topliss-reactive ketones (excluding diaryl/α,β-unsaturated/α-hetero) is 1. The lowest BCUT2D eigenvalue weighted by atomic mass is 9.87. The number of aryl methyl sites for hydroxylation is 1. The number of nitrogen functional groups attached to an aromatic ring is 1. The summed E-state index contributed by atoms with van der Waals surface area (Å²) in [6.07, 6.45) is 3.60. The highest BCUT2D eigenvalue weighted by Crippen LogP contribution is 2.33. The van der Waals surface area contributed by atoms with Crippen molar-refractivity contribution in [3.8, 4) is 0 Å². The van der Waals surface area contributed by atoms with Gasteiger partial charge in [0, 0.05) is 22.9 Å². The summed E-state index contributed by atoms with van der Waals surface area (Å²) in [5, 5.41) is 2.97. The second kappa shape index (κ2) is 5.32. The number of thiophene rings is 1. The number of benzene rings is 1. The molecule has 0 fully saturated rings. The molecule has 1 aliphatic rings. The van der Waals surface area contributed by atoms with Gasteiger partial charge in [-0.05, 0) is 30.0 Å². The average molecular weight is 321 g/mol. The van der Waals surface area contributed by atoms with Crippen molar-refractivity contribution in [1.82, 2.24) is 0 Å². The van der Waals surface area contributed by atoms with Crippen LogP contribution in [0.25, 0.3) is 17.0 Å². The Morgan fingerprint density at radius 2 is 2.00 bits per heavy atom. The van der Waals surface area contributed by atoms with Gasteiger partial charge >= 0.3 is 0 Å². The summed E-state index contributed by atoms with van der Waals surface area (Å²) >= 11 is 1.64. The Kier molecular flexibility index (Phi) is 3.27. The summed E-state index contributed by atoms with van der Waals surface area (Å²) in [5.41, 5.74) is 10.6. The van der Waals surface area contributed by atoms with E-state index in [0.29, 0.717) is 11.3 Å². The number of carbonyl (C=O) groups excluding carboxylic acids is 1. The Balaban J connectivity index is 1.93. The molecule has 0 saturated carbocycles. The molecule has 0 saturated heterocycles. The van der Waals surface area contributed by atoms with Crippen molar-refractivity contribution in [3.05, 3.63) is 63.5 Å². The fourth-order valence-corrected chi connectivity index (χ4v) is 4.03. The Labute approximate surface area is 138 Å². The van der Waals surface area contributed by atoms with Crippen LogP contribution in [0.3, 0.4) is 0 Å². The van der Waals surface area contributed by atoms with Crippen LogP contribution >= 0.6 is 11.3 Å². The van der Waals surface area contributed by atoms with Crippen LogP contribution in [-0.2, 0) is 13.5 Å². The quantitative estimate of drug-likeness (QED) is 0.550. The van der Waals surface area contributed by atoms with E-state index < -0.39 is 0 Å². The Bertz CT molecular complexity index is 955. The third kappa shape index (κ3) is 2.18. The molecule has 0 unspecified atom stereocenters. The maximum absolute atomic E-state index is 13.0. The fourth-order valence-electron chi connectivity index (χ4n) is 3.35. The van der Waals surface area contributed by atoms with E-state index in [-0.39, 0.29) is 5.78 Å². The number of rotatable bonds is 1. The highest BCUT2D eigenvalue weighted by Gasteiger charge is 2.32. The number of hydrogen-bond donors (Lipinski definition) is 1. The van der Waals surface area contributed by atoms with E-state index in [4.69, 9.17) is 5.73 Å².